The number of pyridine rings is 1. The molecular formula is C11H21N. The fourth-order valence-electron chi connectivity index (χ4n) is 0.543. The van der Waals surface area contributed by atoms with E-state index in [-0.39, 0.29) is 0 Å². The van der Waals surface area contributed by atoms with Crippen LogP contribution in [0.4, 0.5) is 0 Å². The SMILES string of the molecule is CC.CC.Cc1ccncc1C. The van der Waals surface area contributed by atoms with E-state index in [2.05, 4.69) is 18.8 Å². The second-order valence-corrected chi connectivity index (χ2v) is 1.96. The zero-order valence-corrected chi connectivity index (χ0v) is 9.18. The third kappa shape index (κ3) is 5.90. The molecule has 0 saturated carbocycles. The van der Waals surface area contributed by atoms with Crippen LogP contribution in [0.2, 0.25) is 0 Å². The molecule has 0 aliphatic rings. The maximum absolute atomic E-state index is 3.95. The molecule has 1 rings (SSSR count). The van der Waals surface area contributed by atoms with E-state index in [9.17, 15) is 0 Å². The Morgan fingerprint density at radius 1 is 0.917 bits per heavy atom. The first-order valence-corrected chi connectivity index (χ1v) is 4.68. The molecule has 12 heavy (non-hydrogen) atoms. The van der Waals surface area contributed by atoms with Gasteiger partial charge in [0.2, 0.25) is 0 Å². The molecule has 0 aromatic carbocycles. The zero-order valence-electron chi connectivity index (χ0n) is 9.18. The van der Waals surface area contributed by atoms with Crippen LogP contribution in [0.5, 0.6) is 0 Å². The predicted octanol–water partition coefficient (Wildman–Crippen LogP) is 3.75. The standard InChI is InChI=1S/C7H9N.2C2H6/c1-6-3-4-8-5-7(6)2;2*1-2/h3-5H,1-2H3;2*1-2H3. The molecular weight excluding hydrogens is 146 g/mol. The quantitative estimate of drug-likeness (QED) is 0.573. The minimum Gasteiger partial charge on any atom is -0.264 e. The molecule has 0 saturated heterocycles. The summed E-state index contributed by atoms with van der Waals surface area (Å²) in [6, 6.07) is 2.01. The summed E-state index contributed by atoms with van der Waals surface area (Å²) in [5.74, 6) is 0. The number of rotatable bonds is 0. The summed E-state index contributed by atoms with van der Waals surface area (Å²) < 4.78 is 0. The van der Waals surface area contributed by atoms with E-state index in [1.54, 1.807) is 0 Å². The van der Waals surface area contributed by atoms with Gasteiger partial charge in [0.1, 0.15) is 0 Å². The predicted molar refractivity (Wildman–Crippen MR) is 56.4 cm³/mol. The summed E-state index contributed by atoms with van der Waals surface area (Å²) in [6.45, 7) is 12.1. The zero-order chi connectivity index (χ0) is 9.98. The molecule has 1 aromatic heterocycles. The summed E-state index contributed by atoms with van der Waals surface area (Å²) in [5, 5.41) is 0. The first-order valence-electron chi connectivity index (χ1n) is 4.68. The van der Waals surface area contributed by atoms with Crippen molar-refractivity contribution in [2.24, 2.45) is 0 Å². The van der Waals surface area contributed by atoms with Crippen LogP contribution in [0, 0.1) is 13.8 Å². The molecule has 0 spiro atoms. The van der Waals surface area contributed by atoms with Crippen molar-refractivity contribution in [1.29, 1.82) is 0 Å². The van der Waals surface area contributed by atoms with Crippen LogP contribution in [0.15, 0.2) is 18.5 Å². The largest absolute Gasteiger partial charge is 0.264 e. The number of nitrogens with zero attached hydrogens (tertiary/aromatic N) is 1. The molecule has 0 aliphatic carbocycles. The molecule has 0 radical (unpaired) electrons. The fourth-order valence-corrected chi connectivity index (χ4v) is 0.543. The summed E-state index contributed by atoms with van der Waals surface area (Å²) in [4.78, 5) is 3.95. The maximum atomic E-state index is 3.95. The van der Waals surface area contributed by atoms with Crippen molar-refractivity contribution < 1.29 is 0 Å². The van der Waals surface area contributed by atoms with Gasteiger partial charge in [0.05, 0.1) is 0 Å². The van der Waals surface area contributed by atoms with Crippen LogP contribution in [0.25, 0.3) is 0 Å². The van der Waals surface area contributed by atoms with Gasteiger partial charge in [-0.3, -0.25) is 4.98 Å². The van der Waals surface area contributed by atoms with Gasteiger partial charge in [-0.05, 0) is 31.0 Å². The van der Waals surface area contributed by atoms with Gasteiger partial charge in [0, 0.05) is 12.4 Å². The molecule has 0 fully saturated rings. The van der Waals surface area contributed by atoms with Crippen molar-refractivity contribution >= 4 is 0 Å². The van der Waals surface area contributed by atoms with E-state index in [4.69, 9.17) is 0 Å². The lowest BCUT2D eigenvalue weighted by molar-refractivity contribution is 1.22. The Balaban J connectivity index is 0. The number of aryl methyl sites for hydroxylation is 2. The van der Waals surface area contributed by atoms with Gasteiger partial charge in [-0.15, -0.1) is 0 Å². The van der Waals surface area contributed by atoms with E-state index >= 15 is 0 Å². The molecule has 0 aliphatic heterocycles. The second-order valence-electron chi connectivity index (χ2n) is 1.96. The van der Waals surface area contributed by atoms with Crippen molar-refractivity contribution in [3.8, 4) is 0 Å². The molecule has 0 N–H and O–H groups in total. The van der Waals surface area contributed by atoms with Gasteiger partial charge >= 0.3 is 0 Å². The van der Waals surface area contributed by atoms with Gasteiger partial charge in [0.25, 0.3) is 0 Å². The Labute approximate surface area is 76.9 Å². The molecule has 1 nitrogen and oxygen atoms in total. The molecule has 0 amide bonds. The highest BCUT2D eigenvalue weighted by Gasteiger charge is 1.84. The summed E-state index contributed by atoms with van der Waals surface area (Å²) >= 11 is 0. The van der Waals surface area contributed by atoms with Crippen molar-refractivity contribution in [3.05, 3.63) is 29.6 Å². The van der Waals surface area contributed by atoms with Gasteiger partial charge in [0.15, 0.2) is 0 Å². The Kier molecular flexibility index (Phi) is 11.6. The summed E-state index contributed by atoms with van der Waals surface area (Å²) in [6.07, 6.45) is 3.68. The highest BCUT2D eigenvalue weighted by molar-refractivity contribution is 5.18. The first-order chi connectivity index (χ1) is 5.80. The molecule has 0 bridgehead atoms. The molecule has 1 heterocycles. The lowest BCUT2D eigenvalue weighted by Gasteiger charge is -1.92. The molecule has 1 heteroatoms. The smallest absolute Gasteiger partial charge is 0.0299 e. The highest BCUT2D eigenvalue weighted by atomic mass is 14.6. The topological polar surface area (TPSA) is 12.9 Å². The Morgan fingerprint density at radius 2 is 1.42 bits per heavy atom. The minimum absolute atomic E-state index is 1.26. The van der Waals surface area contributed by atoms with Crippen LogP contribution in [-0.2, 0) is 0 Å². The van der Waals surface area contributed by atoms with Gasteiger partial charge in [-0.1, -0.05) is 27.7 Å². The average Bonchev–Trinajstić information content (AvgIpc) is 2.17. The average molecular weight is 167 g/mol. The van der Waals surface area contributed by atoms with E-state index in [0.29, 0.717) is 0 Å². The van der Waals surface area contributed by atoms with Gasteiger partial charge in [-0.2, -0.15) is 0 Å². The second kappa shape index (κ2) is 10.2. The van der Waals surface area contributed by atoms with Crippen molar-refractivity contribution in [2.45, 2.75) is 41.5 Å². The van der Waals surface area contributed by atoms with Gasteiger partial charge in [-0.25, -0.2) is 0 Å². The van der Waals surface area contributed by atoms with Crippen LogP contribution in [-0.4, -0.2) is 4.98 Å². The number of hydrogen-bond donors (Lipinski definition) is 0. The monoisotopic (exact) mass is 167 g/mol. The third-order valence-corrected chi connectivity index (χ3v) is 1.30. The Morgan fingerprint density at radius 3 is 1.67 bits per heavy atom. The van der Waals surface area contributed by atoms with Crippen LogP contribution >= 0.6 is 0 Å². The maximum Gasteiger partial charge on any atom is 0.0299 e. The fraction of sp³-hybridized carbons (Fsp3) is 0.545. The molecule has 0 unspecified atom stereocenters. The van der Waals surface area contributed by atoms with Crippen molar-refractivity contribution in [2.75, 3.05) is 0 Å². The van der Waals surface area contributed by atoms with Crippen molar-refractivity contribution in [3.63, 3.8) is 0 Å². The highest BCUT2D eigenvalue weighted by Crippen LogP contribution is 2.00. The van der Waals surface area contributed by atoms with Gasteiger partial charge < -0.3 is 0 Å². The Bertz CT molecular complexity index is 161. The van der Waals surface area contributed by atoms with Crippen LogP contribution in [0.3, 0.4) is 0 Å². The number of aromatic nitrogens is 1. The summed E-state index contributed by atoms with van der Waals surface area (Å²) in [5.41, 5.74) is 2.56. The van der Waals surface area contributed by atoms with Crippen LogP contribution < -0.4 is 0 Å². The summed E-state index contributed by atoms with van der Waals surface area (Å²) in [7, 11) is 0. The van der Waals surface area contributed by atoms with Crippen LogP contribution in [0.1, 0.15) is 38.8 Å². The van der Waals surface area contributed by atoms with Crippen molar-refractivity contribution in [1.82, 2.24) is 4.98 Å². The van der Waals surface area contributed by atoms with E-state index in [1.165, 1.54) is 11.1 Å². The molecule has 1 aromatic rings. The first kappa shape index (κ1) is 13.7. The third-order valence-electron chi connectivity index (χ3n) is 1.30. The lowest BCUT2D eigenvalue weighted by Crippen LogP contribution is -1.78. The number of hydrogen-bond acceptors (Lipinski definition) is 1. The van der Waals surface area contributed by atoms with E-state index in [1.807, 2.05) is 46.2 Å². The lowest BCUT2D eigenvalue weighted by atomic mass is 10.2. The van der Waals surface area contributed by atoms with E-state index < -0.39 is 0 Å². The van der Waals surface area contributed by atoms with E-state index in [0.717, 1.165) is 0 Å². The minimum atomic E-state index is 1.26. The Hall–Kier alpha value is -0.850. The molecule has 0 atom stereocenters. The normalized spacial score (nSPS) is 7.17. The molecule has 70 valence electrons.